The third-order valence-corrected chi connectivity index (χ3v) is 3.62. The van der Waals surface area contributed by atoms with Gasteiger partial charge < -0.3 is 10.0 Å². The lowest BCUT2D eigenvalue weighted by Crippen LogP contribution is -2.21. The van der Waals surface area contributed by atoms with E-state index in [2.05, 4.69) is 18.7 Å². The zero-order chi connectivity index (χ0) is 15.9. The lowest BCUT2D eigenvalue weighted by molar-refractivity contribution is 0.104. The first-order chi connectivity index (χ1) is 10.7. The van der Waals surface area contributed by atoms with Crippen molar-refractivity contribution in [3.63, 3.8) is 0 Å². The number of aromatic hydroxyl groups is 1. The SMILES string of the molecule is CCN(CC)c1ccc(/C=C/C(=O)c2ccccc2)c(O)c1. The molecule has 0 heterocycles. The van der Waals surface area contributed by atoms with Gasteiger partial charge in [0, 0.05) is 36.0 Å². The van der Waals surface area contributed by atoms with Crippen LogP contribution >= 0.6 is 0 Å². The van der Waals surface area contributed by atoms with E-state index in [1.54, 1.807) is 24.3 Å². The van der Waals surface area contributed by atoms with E-state index < -0.39 is 0 Å². The van der Waals surface area contributed by atoms with E-state index in [4.69, 9.17) is 0 Å². The third kappa shape index (κ3) is 3.76. The lowest BCUT2D eigenvalue weighted by atomic mass is 10.1. The molecule has 0 aliphatic heterocycles. The second-order valence-corrected chi connectivity index (χ2v) is 4.98. The molecular formula is C19H21NO2. The van der Waals surface area contributed by atoms with Gasteiger partial charge in [-0.25, -0.2) is 0 Å². The Labute approximate surface area is 131 Å². The molecule has 0 spiro atoms. The number of carbonyl (C=O) groups excluding carboxylic acids is 1. The van der Waals surface area contributed by atoms with Gasteiger partial charge >= 0.3 is 0 Å². The van der Waals surface area contributed by atoms with Crippen LogP contribution in [0.25, 0.3) is 6.08 Å². The lowest BCUT2D eigenvalue weighted by Gasteiger charge is -2.21. The first-order valence-corrected chi connectivity index (χ1v) is 7.51. The van der Waals surface area contributed by atoms with Crippen molar-refractivity contribution in [1.82, 2.24) is 0 Å². The van der Waals surface area contributed by atoms with Crippen molar-refractivity contribution < 1.29 is 9.90 Å². The molecule has 2 aromatic carbocycles. The fraction of sp³-hybridized carbons (Fsp3) is 0.211. The fourth-order valence-electron chi connectivity index (χ4n) is 2.32. The Hall–Kier alpha value is -2.55. The van der Waals surface area contributed by atoms with Crippen LogP contribution in [0.1, 0.15) is 29.8 Å². The van der Waals surface area contributed by atoms with E-state index in [9.17, 15) is 9.90 Å². The molecule has 0 aliphatic rings. The molecule has 22 heavy (non-hydrogen) atoms. The number of hydrogen-bond acceptors (Lipinski definition) is 3. The molecule has 2 aromatic rings. The summed E-state index contributed by atoms with van der Waals surface area (Å²) in [5.41, 5.74) is 2.26. The zero-order valence-electron chi connectivity index (χ0n) is 13.0. The predicted octanol–water partition coefficient (Wildman–Crippen LogP) is 4.13. The molecule has 0 aliphatic carbocycles. The first-order valence-electron chi connectivity index (χ1n) is 7.51. The molecule has 3 nitrogen and oxygen atoms in total. The van der Waals surface area contributed by atoms with Gasteiger partial charge in [0.15, 0.2) is 5.78 Å². The fourth-order valence-corrected chi connectivity index (χ4v) is 2.32. The molecule has 0 unspecified atom stereocenters. The maximum absolute atomic E-state index is 12.0. The summed E-state index contributed by atoms with van der Waals surface area (Å²) in [5.74, 6) is 0.106. The van der Waals surface area contributed by atoms with Crippen molar-refractivity contribution in [3.05, 3.63) is 65.7 Å². The Morgan fingerprint density at radius 2 is 1.77 bits per heavy atom. The Morgan fingerprint density at radius 3 is 2.36 bits per heavy atom. The molecule has 0 saturated heterocycles. The Balaban J connectivity index is 2.16. The topological polar surface area (TPSA) is 40.5 Å². The molecule has 1 N–H and O–H groups in total. The number of rotatable bonds is 6. The summed E-state index contributed by atoms with van der Waals surface area (Å²) in [5, 5.41) is 10.1. The number of nitrogens with zero attached hydrogens (tertiary/aromatic N) is 1. The van der Waals surface area contributed by atoms with Gasteiger partial charge in [-0.2, -0.15) is 0 Å². The third-order valence-electron chi connectivity index (χ3n) is 3.62. The predicted molar refractivity (Wildman–Crippen MR) is 91.5 cm³/mol. The average Bonchev–Trinajstić information content (AvgIpc) is 2.55. The van der Waals surface area contributed by atoms with Crippen LogP contribution in [0.15, 0.2) is 54.6 Å². The van der Waals surface area contributed by atoms with Crippen LogP contribution in [0.4, 0.5) is 5.69 Å². The Morgan fingerprint density at radius 1 is 1.09 bits per heavy atom. The minimum atomic E-state index is -0.0761. The largest absolute Gasteiger partial charge is 0.507 e. The number of anilines is 1. The van der Waals surface area contributed by atoms with Gasteiger partial charge in [0.25, 0.3) is 0 Å². The van der Waals surface area contributed by atoms with Crippen LogP contribution in [0.3, 0.4) is 0 Å². The molecular weight excluding hydrogens is 274 g/mol. The molecule has 2 rings (SSSR count). The minimum absolute atomic E-state index is 0.0761. The molecule has 0 amide bonds. The summed E-state index contributed by atoms with van der Waals surface area (Å²) in [7, 11) is 0. The van der Waals surface area contributed by atoms with E-state index in [0.29, 0.717) is 11.1 Å². The summed E-state index contributed by atoms with van der Waals surface area (Å²) in [6.07, 6.45) is 3.14. The van der Waals surface area contributed by atoms with Crippen molar-refractivity contribution in [2.75, 3.05) is 18.0 Å². The normalized spacial score (nSPS) is 10.8. The molecule has 114 valence electrons. The van der Waals surface area contributed by atoms with Gasteiger partial charge in [0.1, 0.15) is 5.75 Å². The highest BCUT2D eigenvalue weighted by Gasteiger charge is 2.06. The van der Waals surface area contributed by atoms with Crippen LogP contribution in [0, 0.1) is 0 Å². The second-order valence-electron chi connectivity index (χ2n) is 4.98. The summed E-state index contributed by atoms with van der Waals surface area (Å²) in [6.45, 7) is 5.93. The van der Waals surface area contributed by atoms with Crippen LogP contribution in [0.2, 0.25) is 0 Å². The smallest absolute Gasteiger partial charge is 0.185 e. The average molecular weight is 295 g/mol. The summed E-state index contributed by atoms with van der Waals surface area (Å²) in [6, 6.07) is 14.6. The molecule has 0 atom stereocenters. The zero-order valence-corrected chi connectivity index (χ0v) is 13.0. The van der Waals surface area contributed by atoms with Crippen LogP contribution in [0.5, 0.6) is 5.75 Å². The van der Waals surface area contributed by atoms with Crippen molar-refractivity contribution in [1.29, 1.82) is 0 Å². The number of phenolic OH excluding ortho intramolecular Hbond substituents is 1. The van der Waals surface area contributed by atoms with Gasteiger partial charge in [-0.15, -0.1) is 0 Å². The van der Waals surface area contributed by atoms with Crippen molar-refractivity contribution in [2.45, 2.75) is 13.8 Å². The molecule has 3 heteroatoms. The molecule has 0 bridgehead atoms. The molecule has 0 radical (unpaired) electrons. The number of benzene rings is 2. The molecule has 0 fully saturated rings. The number of hydrogen-bond donors (Lipinski definition) is 1. The highest BCUT2D eigenvalue weighted by atomic mass is 16.3. The van der Waals surface area contributed by atoms with Gasteiger partial charge in [-0.1, -0.05) is 30.3 Å². The van der Waals surface area contributed by atoms with E-state index in [1.165, 1.54) is 6.08 Å². The van der Waals surface area contributed by atoms with E-state index in [-0.39, 0.29) is 11.5 Å². The van der Waals surface area contributed by atoms with Crippen LogP contribution in [-0.2, 0) is 0 Å². The minimum Gasteiger partial charge on any atom is -0.507 e. The maximum Gasteiger partial charge on any atom is 0.185 e. The monoisotopic (exact) mass is 295 g/mol. The number of phenols is 1. The highest BCUT2D eigenvalue weighted by Crippen LogP contribution is 2.25. The van der Waals surface area contributed by atoms with Gasteiger partial charge in [-0.3, -0.25) is 4.79 Å². The number of carbonyl (C=O) groups is 1. The Bertz CT molecular complexity index is 658. The van der Waals surface area contributed by atoms with E-state index in [0.717, 1.165) is 18.8 Å². The van der Waals surface area contributed by atoms with Gasteiger partial charge in [0.2, 0.25) is 0 Å². The van der Waals surface area contributed by atoms with Crippen molar-refractivity contribution in [3.8, 4) is 5.75 Å². The Kier molecular flexibility index (Phi) is 5.37. The van der Waals surface area contributed by atoms with Crippen LogP contribution in [-0.4, -0.2) is 24.0 Å². The van der Waals surface area contributed by atoms with Crippen molar-refractivity contribution >= 4 is 17.5 Å². The summed E-state index contributed by atoms with van der Waals surface area (Å²) < 4.78 is 0. The maximum atomic E-state index is 12.0. The number of allylic oxidation sites excluding steroid dienone is 1. The first kappa shape index (κ1) is 15.8. The van der Waals surface area contributed by atoms with Gasteiger partial charge in [-0.05, 0) is 38.1 Å². The summed E-state index contributed by atoms with van der Waals surface area (Å²) in [4.78, 5) is 14.2. The van der Waals surface area contributed by atoms with Crippen LogP contribution < -0.4 is 4.90 Å². The standard InChI is InChI=1S/C19H21NO2/c1-3-20(4-2)17-12-10-16(19(22)14-17)11-13-18(21)15-8-6-5-7-9-15/h5-14,22H,3-4H2,1-2H3/b13-11+. The quantitative estimate of drug-likeness (QED) is 0.643. The molecule has 0 saturated carbocycles. The summed E-state index contributed by atoms with van der Waals surface area (Å²) >= 11 is 0. The van der Waals surface area contributed by atoms with Gasteiger partial charge in [0.05, 0.1) is 0 Å². The number of ketones is 1. The second kappa shape index (κ2) is 7.46. The molecule has 0 aromatic heterocycles. The highest BCUT2D eigenvalue weighted by molar-refractivity contribution is 6.06. The van der Waals surface area contributed by atoms with E-state index >= 15 is 0 Å². The van der Waals surface area contributed by atoms with E-state index in [1.807, 2.05) is 30.3 Å². The van der Waals surface area contributed by atoms with Crippen molar-refractivity contribution in [2.24, 2.45) is 0 Å².